The number of aromatic nitrogens is 2. The molecule has 3 aromatic heterocycles. The van der Waals surface area contributed by atoms with Crippen LogP contribution in [0.25, 0.3) is 39.4 Å². The minimum absolute atomic E-state index is 0.191. The number of hydrogen-bond donors (Lipinski definition) is 0. The third kappa shape index (κ3) is 4.33. The van der Waals surface area contributed by atoms with E-state index in [9.17, 15) is 4.79 Å². The van der Waals surface area contributed by atoms with Crippen LogP contribution in [0.3, 0.4) is 0 Å². The Morgan fingerprint density at radius 1 is 0.946 bits per heavy atom. The minimum Gasteiger partial charge on any atom is -0.450 e. The van der Waals surface area contributed by atoms with E-state index in [-0.39, 0.29) is 11.5 Å². The number of benzene rings is 3. The largest absolute Gasteiger partial charge is 0.450 e. The molecule has 0 bridgehead atoms. The van der Waals surface area contributed by atoms with E-state index in [1.54, 1.807) is 23.5 Å². The van der Waals surface area contributed by atoms with Crippen molar-refractivity contribution in [2.75, 3.05) is 0 Å². The third-order valence-corrected chi connectivity index (χ3v) is 7.57. The SMILES string of the molecule is Cc1ccc2c(/C=C/c3cn(-c4ccccc4)nc3-c3cccs3)c(C(=O)c3ccccc3)oc2c1Cl. The predicted molar refractivity (Wildman–Crippen MR) is 152 cm³/mol. The molecule has 6 heteroatoms. The summed E-state index contributed by atoms with van der Waals surface area (Å²) in [6, 6.07) is 27.1. The fourth-order valence-corrected chi connectivity index (χ4v) is 5.24. The second kappa shape index (κ2) is 9.69. The molecule has 0 aliphatic carbocycles. The highest BCUT2D eigenvalue weighted by molar-refractivity contribution is 7.13. The molecule has 4 nitrogen and oxygen atoms in total. The van der Waals surface area contributed by atoms with Crippen molar-refractivity contribution in [3.05, 3.63) is 130 Å². The summed E-state index contributed by atoms with van der Waals surface area (Å²) in [5.41, 5.74) is 5.41. The van der Waals surface area contributed by atoms with Gasteiger partial charge in [0.25, 0.3) is 0 Å². The molecule has 180 valence electrons. The van der Waals surface area contributed by atoms with Crippen LogP contribution in [0.4, 0.5) is 0 Å². The fraction of sp³-hybridized carbons (Fsp3) is 0.0323. The average Bonchev–Trinajstić information content (AvgIpc) is 3.69. The molecule has 37 heavy (non-hydrogen) atoms. The van der Waals surface area contributed by atoms with Crippen molar-refractivity contribution in [2.45, 2.75) is 6.92 Å². The maximum atomic E-state index is 13.5. The van der Waals surface area contributed by atoms with Crippen molar-refractivity contribution in [2.24, 2.45) is 0 Å². The van der Waals surface area contributed by atoms with Gasteiger partial charge in [-0.1, -0.05) is 84.4 Å². The van der Waals surface area contributed by atoms with E-state index in [0.29, 0.717) is 21.7 Å². The molecular formula is C31H21ClN2O2S. The summed E-state index contributed by atoms with van der Waals surface area (Å²) in [4.78, 5) is 14.6. The van der Waals surface area contributed by atoms with Crippen LogP contribution in [0.2, 0.25) is 5.02 Å². The summed E-state index contributed by atoms with van der Waals surface area (Å²) in [6.07, 6.45) is 5.91. The van der Waals surface area contributed by atoms with Gasteiger partial charge >= 0.3 is 0 Å². The number of rotatable bonds is 6. The van der Waals surface area contributed by atoms with E-state index in [4.69, 9.17) is 21.1 Å². The predicted octanol–water partition coefficient (Wildman–Crippen LogP) is 8.71. The van der Waals surface area contributed by atoms with Gasteiger partial charge in [-0.05, 0) is 42.1 Å². The van der Waals surface area contributed by atoms with Gasteiger partial charge in [0.1, 0.15) is 5.69 Å². The number of nitrogens with zero attached hydrogens (tertiary/aromatic N) is 2. The molecule has 0 unspecified atom stereocenters. The molecule has 3 heterocycles. The summed E-state index contributed by atoms with van der Waals surface area (Å²) >= 11 is 8.24. The number of hydrogen-bond acceptors (Lipinski definition) is 4. The molecule has 0 saturated heterocycles. The van der Waals surface area contributed by atoms with Crippen LogP contribution in [-0.4, -0.2) is 15.6 Å². The van der Waals surface area contributed by atoms with Crippen LogP contribution in [0.15, 0.2) is 101 Å². The molecule has 0 fully saturated rings. The number of carbonyl (C=O) groups is 1. The normalized spacial score (nSPS) is 11.5. The van der Waals surface area contributed by atoms with E-state index >= 15 is 0 Å². The molecule has 0 atom stereocenters. The lowest BCUT2D eigenvalue weighted by Crippen LogP contribution is -2.01. The van der Waals surface area contributed by atoms with Crippen LogP contribution >= 0.6 is 22.9 Å². The zero-order chi connectivity index (χ0) is 25.4. The Morgan fingerprint density at radius 3 is 2.43 bits per heavy atom. The smallest absolute Gasteiger partial charge is 0.228 e. The molecule has 3 aromatic carbocycles. The molecule has 0 aliphatic rings. The van der Waals surface area contributed by atoms with Gasteiger partial charge in [-0.15, -0.1) is 11.3 Å². The summed E-state index contributed by atoms with van der Waals surface area (Å²) in [6.45, 7) is 1.92. The van der Waals surface area contributed by atoms with Gasteiger partial charge in [0.15, 0.2) is 11.3 Å². The van der Waals surface area contributed by atoms with E-state index < -0.39 is 0 Å². The minimum atomic E-state index is -0.191. The van der Waals surface area contributed by atoms with Gasteiger partial charge in [0.05, 0.1) is 15.6 Å². The number of ketones is 1. The molecule has 0 radical (unpaired) electrons. The first kappa shape index (κ1) is 23.2. The van der Waals surface area contributed by atoms with Crippen molar-refractivity contribution >= 4 is 51.8 Å². The standard InChI is InChI=1S/C31H21ClN2O2S/c1-20-14-16-24-25(31(36-30(24)27(20)32)29(35)21-9-4-2-5-10-21)17-15-22-19-34(23-11-6-3-7-12-23)33-28(22)26-13-8-18-37-26/h2-19H,1H3/b17-15+. The van der Waals surface area contributed by atoms with Gasteiger partial charge in [0, 0.05) is 28.3 Å². The van der Waals surface area contributed by atoms with E-state index in [2.05, 4.69) is 6.07 Å². The van der Waals surface area contributed by atoms with Crippen molar-refractivity contribution < 1.29 is 9.21 Å². The molecule has 6 aromatic rings. The number of aryl methyl sites for hydroxylation is 1. The Morgan fingerprint density at radius 2 is 1.70 bits per heavy atom. The van der Waals surface area contributed by atoms with Gasteiger partial charge < -0.3 is 4.42 Å². The molecule has 0 N–H and O–H groups in total. The zero-order valence-corrected chi connectivity index (χ0v) is 21.5. The number of para-hydroxylation sites is 1. The Bertz CT molecular complexity index is 1750. The van der Waals surface area contributed by atoms with Gasteiger partial charge in [0.2, 0.25) is 5.78 Å². The zero-order valence-electron chi connectivity index (χ0n) is 19.9. The van der Waals surface area contributed by atoms with Crippen LogP contribution in [0, 0.1) is 6.92 Å². The molecule has 0 saturated carbocycles. The molecule has 6 rings (SSSR count). The van der Waals surface area contributed by atoms with Crippen LogP contribution in [0.5, 0.6) is 0 Å². The average molecular weight is 521 g/mol. The first-order valence-electron chi connectivity index (χ1n) is 11.8. The van der Waals surface area contributed by atoms with E-state index in [1.165, 1.54) is 0 Å². The van der Waals surface area contributed by atoms with Crippen LogP contribution in [0.1, 0.15) is 32.8 Å². The number of fused-ring (bicyclic) bond motifs is 1. The van der Waals surface area contributed by atoms with Crippen molar-refractivity contribution in [1.29, 1.82) is 0 Å². The van der Waals surface area contributed by atoms with Crippen LogP contribution < -0.4 is 0 Å². The maximum Gasteiger partial charge on any atom is 0.228 e. The van der Waals surface area contributed by atoms with Crippen molar-refractivity contribution in [3.8, 4) is 16.3 Å². The Kier molecular flexibility index (Phi) is 6.08. The lowest BCUT2D eigenvalue weighted by molar-refractivity contribution is 0.101. The molecule has 0 amide bonds. The fourth-order valence-electron chi connectivity index (χ4n) is 4.30. The topological polar surface area (TPSA) is 48.0 Å². The first-order chi connectivity index (χ1) is 18.1. The number of thiophene rings is 1. The highest BCUT2D eigenvalue weighted by atomic mass is 35.5. The summed E-state index contributed by atoms with van der Waals surface area (Å²) in [5.74, 6) is 0.0710. The van der Waals surface area contributed by atoms with Gasteiger partial charge in [-0.3, -0.25) is 4.79 Å². The molecule has 0 spiro atoms. The maximum absolute atomic E-state index is 13.5. The van der Waals surface area contributed by atoms with E-state index in [1.807, 2.05) is 102 Å². The van der Waals surface area contributed by atoms with Crippen LogP contribution in [-0.2, 0) is 0 Å². The van der Waals surface area contributed by atoms with E-state index in [0.717, 1.165) is 32.8 Å². The molecular weight excluding hydrogens is 500 g/mol. The quantitative estimate of drug-likeness (QED) is 0.206. The highest BCUT2D eigenvalue weighted by Crippen LogP contribution is 2.36. The Balaban J connectivity index is 1.51. The third-order valence-electron chi connectivity index (χ3n) is 6.22. The lowest BCUT2D eigenvalue weighted by atomic mass is 10.0. The van der Waals surface area contributed by atoms with Crippen molar-refractivity contribution in [1.82, 2.24) is 9.78 Å². The second-order valence-corrected chi connectivity index (χ2v) is 9.96. The lowest BCUT2D eigenvalue weighted by Gasteiger charge is -1.99. The van der Waals surface area contributed by atoms with Crippen molar-refractivity contribution in [3.63, 3.8) is 0 Å². The monoisotopic (exact) mass is 520 g/mol. The first-order valence-corrected chi connectivity index (χ1v) is 13.0. The second-order valence-electron chi connectivity index (χ2n) is 8.64. The Labute approximate surface area is 223 Å². The molecule has 0 aliphatic heterocycles. The summed E-state index contributed by atoms with van der Waals surface area (Å²) in [7, 11) is 0. The van der Waals surface area contributed by atoms with Gasteiger partial charge in [-0.2, -0.15) is 5.10 Å². The number of carbonyl (C=O) groups excluding carboxylic acids is 1. The summed E-state index contributed by atoms with van der Waals surface area (Å²) < 4.78 is 8.01. The van der Waals surface area contributed by atoms with Gasteiger partial charge in [-0.25, -0.2) is 4.68 Å². The summed E-state index contributed by atoms with van der Waals surface area (Å²) in [5, 5.41) is 8.22. The number of furan rings is 1. The highest BCUT2D eigenvalue weighted by Gasteiger charge is 2.22. The Hall–Kier alpha value is -4.19. The number of halogens is 1.